The van der Waals surface area contributed by atoms with Crippen LogP contribution in [-0.2, 0) is 15.2 Å². The highest BCUT2D eigenvalue weighted by atomic mass is 19.3. The van der Waals surface area contributed by atoms with Gasteiger partial charge in [-0.05, 0) is 45.0 Å². The fourth-order valence-electron chi connectivity index (χ4n) is 2.71. The minimum Gasteiger partial charge on any atom is -0.402 e. The second kappa shape index (κ2) is 7.22. The summed E-state index contributed by atoms with van der Waals surface area (Å²) in [5, 5.41) is 2.39. The van der Waals surface area contributed by atoms with Crippen LogP contribution in [0, 0.1) is 5.82 Å². The molecule has 1 fully saturated rings. The summed E-state index contributed by atoms with van der Waals surface area (Å²) < 4.78 is 52.7. The molecule has 0 spiro atoms. The molecule has 0 aliphatic carbocycles. The number of carbonyl (C=O) groups excluding carboxylic acids is 1. The molecule has 1 N–H and O–H groups in total. The van der Waals surface area contributed by atoms with Gasteiger partial charge >= 0.3 is 7.12 Å². The van der Waals surface area contributed by atoms with Crippen molar-refractivity contribution in [1.82, 2.24) is 4.98 Å². The van der Waals surface area contributed by atoms with Gasteiger partial charge in [0.15, 0.2) is 0 Å². The predicted molar refractivity (Wildman–Crippen MR) is 99.3 cm³/mol. The Labute approximate surface area is 161 Å². The molecule has 1 aliphatic heterocycles. The topological polar surface area (TPSA) is 60.5 Å². The molecule has 1 saturated heterocycles. The Morgan fingerprint density at radius 3 is 2.57 bits per heavy atom. The number of pyridine rings is 1. The summed E-state index contributed by atoms with van der Waals surface area (Å²) in [5.41, 5.74) is -0.654. The molecule has 2 heterocycles. The van der Waals surface area contributed by atoms with E-state index in [2.05, 4.69) is 10.3 Å². The highest BCUT2D eigenvalue weighted by molar-refractivity contribution is 6.62. The Hall–Kier alpha value is -2.39. The standard InChI is InChI=1S/C19H20BF3N2O3/c1-11-18(2,3)28-20(27-11)14-6-5-12(9-15(14)21)17(26)25-16-10-13(7-8-24-16)19(4,22)23/h5-11H,1-4H3,(H,24,25,26). The average molecular weight is 392 g/mol. The van der Waals surface area contributed by atoms with Crippen LogP contribution in [0.1, 0.15) is 43.6 Å². The third kappa shape index (κ3) is 4.20. The lowest BCUT2D eigenvalue weighted by molar-refractivity contribution is 0.0174. The number of hydrogen-bond donors (Lipinski definition) is 1. The van der Waals surface area contributed by atoms with E-state index in [4.69, 9.17) is 9.31 Å². The number of benzene rings is 1. The van der Waals surface area contributed by atoms with Crippen LogP contribution in [0.15, 0.2) is 36.5 Å². The number of carbonyl (C=O) groups is 1. The number of alkyl halides is 2. The lowest BCUT2D eigenvalue weighted by Crippen LogP contribution is -2.37. The van der Waals surface area contributed by atoms with E-state index in [1.54, 1.807) is 0 Å². The molecule has 1 atom stereocenters. The van der Waals surface area contributed by atoms with Gasteiger partial charge in [0.05, 0.1) is 11.7 Å². The average Bonchev–Trinajstić information content (AvgIpc) is 2.87. The quantitative estimate of drug-likeness (QED) is 0.810. The summed E-state index contributed by atoms with van der Waals surface area (Å²) in [5.74, 6) is -4.45. The van der Waals surface area contributed by atoms with E-state index < -0.39 is 30.4 Å². The molecule has 0 bridgehead atoms. The molecule has 2 aromatic rings. The van der Waals surface area contributed by atoms with Gasteiger partial charge in [-0.15, -0.1) is 0 Å². The fourth-order valence-corrected chi connectivity index (χ4v) is 2.71. The molecule has 1 aromatic heterocycles. The monoisotopic (exact) mass is 392 g/mol. The number of aromatic nitrogens is 1. The summed E-state index contributed by atoms with van der Waals surface area (Å²) in [6.07, 6.45) is 0.943. The summed E-state index contributed by atoms with van der Waals surface area (Å²) in [6.45, 7) is 6.27. The van der Waals surface area contributed by atoms with Gasteiger partial charge in [-0.2, -0.15) is 0 Å². The molecular weight excluding hydrogens is 372 g/mol. The molecular formula is C19H20BF3N2O3. The largest absolute Gasteiger partial charge is 0.497 e. The minimum absolute atomic E-state index is 0.0158. The lowest BCUT2D eigenvalue weighted by Gasteiger charge is -2.21. The molecule has 0 saturated carbocycles. The minimum atomic E-state index is -3.07. The zero-order valence-corrected chi connectivity index (χ0v) is 15.9. The van der Waals surface area contributed by atoms with Crippen LogP contribution in [0.2, 0.25) is 0 Å². The lowest BCUT2D eigenvalue weighted by atomic mass is 9.78. The van der Waals surface area contributed by atoms with Crippen molar-refractivity contribution in [3.63, 3.8) is 0 Å². The van der Waals surface area contributed by atoms with Crippen molar-refractivity contribution in [3.05, 3.63) is 53.5 Å². The van der Waals surface area contributed by atoms with E-state index in [9.17, 15) is 18.0 Å². The SMILES string of the molecule is CC1OB(c2ccc(C(=O)Nc3cc(C(C)(F)F)ccn3)cc2F)OC1(C)C. The van der Waals surface area contributed by atoms with Gasteiger partial charge in [0.1, 0.15) is 11.6 Å². The molecule has 5 nitrogen and oxygen atoms in total. The van der Waals surface area contributed by atoms with Crippen molar-refractivity contribution in [1.29, 1.82) is 0 Å². The van der Waals surface area contributed by atoms with Gasteiger partial charge in [-0.25, -0.2) is 18.2 Å². The maximum Gasteiger partial charge on any atom is 0.497 e. The second-order valence-corrected chi connectivity index (χ2v) is 7.34. The fraction of sp³-hybridized carbons (Fsp3) is 0.368. The van der Waals surface area contributed by atoms with Crippen molar-refractivity contribution in [2.45, 2.75) is 45.3 Å². The molecule has 1 aromatic carbocycles. The first kappa shape index (κ1) is 20.4. The molecule has 0 radical (unpaired) electrons. The maximum absolute atomic E-state index is 14.5. The second-order valence-electron chi connectivity index (χ2n) is 7.34. The third-order valence-corrected chi connectivity index (χ3v) is 4.74. The van der Waals surface area contributed by atoms with Crippen molar-refractivity contribution in [2.75, 3.05) is 5.32 Å². The van der Waals surface area contributed by atoms with Gasteiger partial charge in [-0.1, -0.05) is 6.07 Å². The highest BCUT2D eigenvalue weighted by Gasteiger charge is 2.45. The molecule has 1 amide bonds. The zero-order valence-electron chi connectivity index (χ0n) is 15.9. The van der Waals surface area contributed by atoms with E-state index in [0.29, 0.717) is 0 Å². The Morgan fingerprint density at radius 2 is 2.00 bits per heavy atom. The van der Waals surface area contributed by atoms with Crippen molar-refractivity contribution < 1.29 is 27.3 Å². The van der Waals surface area contributed by atoms with E-state index in [1.807, 2.05) is 20.8 Å². The van der Waals surface area contributed by atoms with Gasteiger partial charge in [-0.3, -0.25) is 4.79 Å². The number of halogens is 3. The number of amides is 1. The number of nitrogens with zero attached hydrogens (tertiary/aromatic N) is 1. The van der Waals surface area contributed by atoms with Gasteiger partial charge in [0.25, 0.3) is 11.8 Å². The Morgan fingerprint density at radius 1 is 1.29 bits per heavy atom. The maximum atomic E-state index is 14.5. The van der Waals surface area contributed by atoms with E-state index in [-0.39, 0.29) is 28.5 Å². The van der Waals surface area contributed by atoms with Gasteiger partial charge < -0.3 is 14.6 Å². The van der Waals surface area contributed by atoms with Crippen molar-refractivity contribution >= 4 is 24.3 Å². The summed E-state index contributed by atoms with van der Waals surface area (Å²) in [7, 11) is -0.868. The van der Waals surface area contributed by atoms with Crippen molar-refractivity contribution in [3.8, 4) is 0 Å². The highest BCUT2D eigenvalue weighted by Crippen LogP contribution is 2.28. The molecule has 28 heavy (non-hydrogen) atoms. The van der Waals surface area contributed by atoms with Crippen LogP contribution in [-0.4, -0.2) is 29.7 Å². The molecule has 148 valence electrons. The van der Waals surface area contributed by atoms with Gasteiger partial charge in [0, 0.05) is 29.7 Å². The summed E-state index contributed by atoms with van der Waals surface area (Å²) in [4.78, 5) is 16.2. The predicted octanol–water partition coefficient (Wildman–Crippen LogP) is 3.49. The zero-order chi connectivity index (χ0) is 20.7. The molecule has 1 unspecified atom stereocenters. The molecule has 9 heteroatoms. The van der Waals surface area contributed by atoms with Crippen LogP contribution < -0.4 is 10.8 Å². The third-order valence-electron chi connectivity index (χ3n) is 4.74. The number of rotatable bonds is 4. The first-order valence-corrected chi connectivity index (χ1v) is 8.76. The van der Waals surface area contributed by atoms with E-state index in [0.717, 1.165) is 25.1 Å². The Bertz CT molecular complexity index is 902. The van der Waals surface area contributed by atoms with E-state index in [1.165, 1.54) is 18.3 Å². The number of anilines is 1. The van der Waals surface area contributed by atoms with Crippen LogP contribution in [0.25, 0.3) is 0 Å². The van der Waals surface area contributed by atoms with Crippen LogP contribution in [0.3, 0.4) is 0 Å². The van der Waals surface area contributed by atoms with Crippen molar-refractivity contribution in [2.24, 2.45) is 0 Å². The molecule has 1 aliphatic rings. The number of nitrogens with one attached hydrogen (secondary N) is 1. The smallest absolute Gasteiger partial charge is 0.402 e. The summed E-state index contributed by atoms with van der Waals surface area (Å²) >= 11 is 0. The first-order valence-electron chi connectivity index (χ1n) is 8.76. The Kier molecular flexibility index (Phi) is 5.25. The van der Waals surface area contributed by atoms with Crippen LogP contribution in [0.5, 0.6) is 0 Å². The van der Waals surface area contributed by atoms with Crippen LogP contribution >= 0.6 is 0 Å². The molecule has 3 rings (SSSR count). The van der Waals surface area contributed by atoms with Gasteiger partial charge in [0.2, 0.25) is 0 Å². The Balaban J connectivity index is 1.76. The normalized spacial score (nSPS) is 19.0. The summed E-state index contributed by atoms with van der Waals surface area (Å²) in [6, 6.07) is 6.11. The first-order chi connectivity index (χ1) is 13.0. The van der Waals surface area contributed by atoms with Crippen LogP contribution in [0.4, 0.5) is 19.0 Å². The number of hydrogen-bond acceptors (Lipinski definition) is 4. The van der Waals surface area contributed by atoms with E-state index >= 15 is 0 Å².